The van der Waals surface area contributed by atoms with Gasteiger partial charge in [0.05, 0.1) is 18.2 Å². The van der Waals surface area contributed by atoms with Crippen molar-refractivity contribution in [2.75, 3.05) is 7.11 Å². The smallest absolute Gasteiger partial charge is 0.258 e. The van der Waals surface area contributed by atoms with Crippen LogP contribution in [0.15, 0.2) is 30.3 Å². The minimum Gasteiger partial charge on any atom is -0.496 e. The highest BCUT2D eigenvalue weighted by Gasteiger charge is 2.27. The molecule has 0 radical (unpaired) electrons. The van der Waals surface area contributed by atoms with Crippen LogP contribution in [0.4, 0.5) is 0 Å². The number of imide groups is 1. The van der Waals surface area contributed by atoms with Gasteiger partial charge in [0.2, 0.25) is 0 Å². The minimum atomic E-state index is -0.349. The van der Waals surface area contributed by atoms with Crippen LogP contribution in [0.5, 0.6) is 5.75 Å². The average molecular weight is 227 g/mol. The van der Waals surface area contributed by atoms with E-state index in [-0.39, 0.29) is 11.8 Å². The van der Waals surface area contributed by atoms with Crippen molar-refractivity contribution < 1.29 is 14.3 Å². The highest BCUT2D eigenvalue weighted by atomic mass is 16.5. The number of carbonyl (C=O) groups is 2. The standard InChI is InChI=1S/C13H9NO3/c1-17-11-4-2-3-7-5-9-10(6-8(7)11)13(16)14-12(9)15/h2-6H,1H3,(H,14,15,16). The summed E-state index contributed by atoms with van der Waals surface area (Å²) in [6, 6.07) is 8.97. The number of hydrogen-bond acceptors (Lipinski definition) is 3. The molecule has 0 saturated carbocycles. The van der Waals surface area contributed by atoms with E-state index in [1.807, 2.05) is 18.2 Å². The molecule has 0 spiro atoms. The van der Waals surface area contributed by atoms with E-state index < -0.39 is 0 Å². The van der Waals surface area contributed by atoms with Crippen LogP contribution in [0.25, 0.3) is 10.8 Å². The van der Waals surface area contributed by atoms with E-state index >= 15 is 0 Å². The SMILES string of the molecule is COc1cccc2cc3c(cc12)C(=O)NC3=O. The van der Waals surface area contributed by atoms with Crippen molar-refractivity contribution in [3.05, 3.63) is 41.5 Å². The summed E-state index contributed by atoms with van der Waals surface area (Å²) in [7, 11) is 1.58. The molecule has 4 nitrogen and oxygen atoms in total. The molecule has 0 aliphatic carbocycles. The second kappa shape index (κ2) is 3.31. The molecule has 1 heterocycles. The molecule has 3 rings (SSSR count). The molecule has 1 N–H and O–H groups in total. The summed E-state index contributed by atoms with van der Waals surface area (Å²) in [5.74, 6) is 0.00461. The number of rotatable bonds is 1. The molecule has 0 bridgehead atoms. The van der Waals surface area contributed by atoms with Crippen LogP contribution >= 0.6 is 0 Å². The number of ether oxygens (including phenoxy) is 1. The summed E-state index contributed by atoms with van der Waals surface area (Å²) in [6.07, 6.45) is 0. The lowest BCUT2D eigenvalue weighted by Gasteiger charge is -2.06. The summed E-state index contributed by atoms with van der Waals surface area (Å²) in [5, 5.41) is 3.99. The third-order valence-corrected chi connectivity index (χ3v) is 2.91. The zero-order valence-electron chi connectivity index (χ0n) is 9.11. The molecule has 84 valence electrons. The van der Waals surface area contributed by atoms with Crippen molar-refractivity contribution in [3.8, 4) is 5.75 Å². The fourth-order valence-corrected chi connectivity index (χ4v) is 2.09. The number of nitrogens with one attached hydrogen (secondary N) is 1. The lowest BCUT2D eigenvalue weighted by Crippen LogP contribution is -2.19. The highest BCUT2D eigenvalue weighted by Crippen LogP contribution is 2.29. The molecule has 2 aromatic rings. The monoisotopic (exact) mass is 227 g/mol. The number of amides is 2. The molecular formula is C13H9NO3. The van der Waals surface area contributed by atoms with Gasteiger partial charge in [0.1, 0.15) is 5.75 Å². The van der Waals surface area contributed by atoms with Crippen LogP contribution in [-0.2, 0) is 0 Å². The predicted molar refractivity (Wildman–Crippen MR) is 62.3 cm³/mol. The fraction of sp³-hybridized carbons (Fsp3) is 0.0769. The van der Waals surface area contributed by atoms with Crippen LogP contribution < -0.4 is 10.1 Å². The molecule has 0 atom stereocenters. The second-order valence-corrected chi connectivity index (χ2v) is 3.86. The van der Waals surface area contributed by atoms with E-state index in [4.69, 9.17) is 4.74 Å². The maximum Gasteiger partial charge on any atom is 0.258 e. The van der Waals surface area contributed by atoms with Gasteiger partial charge in [0.15, 0.2) is 0 Å². The van der Waals surface area contributed by atoms with Crippen molar-refractivity contribution in [2.45, 2.75) is 0 Å². The van der Waals surface area contributed by atoms with Gasteiger partial charge in [-0.25, -0.2) is 0 Å². The number of hydrogen-bond donors (Lipinski definition) is 1. The molecule has 0 saturated heterocycles. The molecule has 17 heavy (non-hydrogen) atoms. The summed E-state index contributed by atoms with van der Waals surface area (Å²) in [5.41, 5.74) is 0.836. The first-order valence-corrected chi connectivity index (χ1v) is 5.17. The molecular weight excluding hydrogens is 218 g/mol. The van der Waals surface area contributed by atoms with E-state index in [9.17, 15) is 9.59 Å². The average Bonchev–Trinajstić information content (AvgIpc) is 2.62. The van der Waals surface area contributed by atoms with Gasteiger partial charge in [0, 0.05) is 5.39 Å². The van der Waals surface area contributed by atoms with E-state index in [1.165, 1.54) is 0 Å². The van der Waals surface area contributed by atoms with Crippen LogP contribution in [0.3, 0.4) is 0 Å². The zero-order chi connectivity index (χ0) is 12.0. The normalized spacial score (nSPS) is 13.7. The Hall–Kier alpha value is -2.36. The minimum absolute atomic E-state index is 0.338. The van der Waals surface area contributed by atoms with Gasteiger partial charge in [0.25, 0.3) is 11.8 Å². The first-order valence-electron chi connectivity index (χ1n) is 5.17. The van der Waals surface area contributed by atoms with Crippen LogP contribution in [-0.4, -0.2) is 18.9 Å². The van der Waals surface area contributed by atoms with E-state index in [2.05, 4.69) is 5.32 Å². The molecule has 2 aromatic carbocycles. The van der Waals surface area contributed by atoms with Gasteiger partial charge in [-0.15, -0.1) is 0 Å². The Morgan fingerprint density at radius 3 is 2.47 bits per heavy atom. The molecule has 0 unspecified atom stereocenters. The van der Waals surface area contributed by atoms with Gasteiger partial charge in [-0.3, -0.25) is 14.9 Å². The van der Waals surface area contributed by atoms with Crippen molar-refractivity contribution in [2.24, 2.45) is 0 Å². The number of fused-ring (bicyclic) bond motifs is 2. The first-order chi connectivity index (χ1) is 8.20. The van der Waals surface area contributed by atoms with Crippen molar-refractivity contribution >= 4 is 22.6 Å². The topological polar surface area (TPSA) is 55.4 Å². The molecule has 1 aliphatic heterocycles. The quantitative estimate of drug-likeness (QED) is 0.755. The zero-order valence-corrected chi connectivity index (χ0v) is 9.11. The van der Waals surface area contributed by atoms with Gasteiger partial charge in [-0.2, -0.15) is 0 Å². The molecule has 1 aliphatic rings. The van der Waals surface area contributed by atoms with Crippen LogP contribution in [0.2, 0.25) is 0 Å². The Balaban J connectivity index is 2.39. The maximum absolute atomic E-state index is 11.5. The van der Waals surface area contributed by atoms with Crippen LogP contribution in [0, 0.1) is 0 Å². The molecule has 4 heteroatoms. The fourth-order valence-electron chi connectivity index (χ4n) is 2.09. The Bertz CT molecular complexity index is 661. The molecule has 2 amide bonds. The summed E-state index contributed by atoms with van der Waals surface area (Å²) < 4.78 is 5.23. The van der Waals surface area contributed by atoms with Crippen LogP contribution in [0.1, 0.15) is 20.7 Å². The Morgan fingerprint density at radius 1 is 1.06 bits per heavy atom. The predicted octanol–water partition coefficient (Wildman–Crippen LogP) is 1.73. The summed E-state index contributed by atoms with van der Waals surface area (Å²) in [4.78, 5) is 23.1. The van der Waals surface area contributed by atoms with E-state index in [0.717, 1.165) is 10.8 Å². The Kier molecular flexibility index (Phi) is 1.92. The van der Waals surface area contributed by atoms with Crippen molar-refractivity contribution in [3.63, 3.8) is 0 Å². The maximum atomic E-state index is 11.5. The highest BCUT2D eigenvalue weighted by molar-refractivity contribution is 6.23. The van der Waals surface area contributed by atoms with Crippen molar-refractivity contribution in [1.29, 1.82) is 0 Å². The lowest BCUT2D eigenvalue weighted by molar-refractivity contribution is 0.0879. The summed E-state index contributed by atoms with van der Waals surface area (Å²) in [6.45, 7) is 0. The number of benzene rings is 2. The van der Waals surface area contributed by atoms with Crippen molar-refractivity contribution in [1.82, 2.24) is 5.32 Å². The number of methoxy groups -OCH3 is 1. The molecule has 0 aromatic heterocycles. The Morgan fingerprint density at radius 2 is 1.76 bits per heavy atom. The second-order valence-electron chi connectivity index (χ2n) is 3.86. The third-order valence-electron chi connectivity index (χ3n) is 2.91. The summed E-state index contributed by atoms with van der Waals surface area (Å²) >= 11 is 0. The van der Waals surface area contributed by atoms with E-state index in [0.29, 0.717) is 16.9 Å². The van der Waals surface area contributed by atoms with Gasteiger partial charge in [-0.05, 0) is 23.6 Å². The Labute approximate surface area is 97.2 Å². The molecule has 0 fully saturated rings. The van der Waals surface area contributed by atoms with Gasteiger partial charge < -0.3 is 4.74 Å². The largest absolute Gasteiger partial charge is 0.496 e. The lowest BCUT2D eigenvalue weighted by atomic mass is 10.0. The van der Waals surface area contributed by atoms with Gasteiger partial charge in [-0.1, -0.05) is 12.1 Å². The third kappa shape index (κ3) is 1.30. The first kappa shape index (κ1) is 9.84. The van der Waals surface area contributed by atoms with Gasteiger partial charge >= 0.3 is 0 Å². The number of carbonyl (C=O) groups excluding carboxylic acids is 2. The van der Waals surface area contributed by atoms with E-state index in [1.54, 1.807) is 19.2 Å².